The van der Waals surface area contributed by atoms with Gasteiger partial charge in [0.05, 0.1) is 6.54 Å². The van der Waals surface area contributed by atoms with Crippen LogP contribution in [0.3, 0.4) is 0 Å². The maximum absolute atomic E-state index is 13.3. The van der Waals surface area contributed by atoms with Gasteiger partial charge < -0.3 is 14.6 Å². The molecular weight excluding hydrogens is 411 g/mol. The highest BCUT2D eigenvalue weighted by molar-refractivity contribution is 7.13. The number of nitrogens with zero attached hydrogens (tertiary/aromatic N) is 1. The number of ketones is 1. The summed E-state index contributed by atoms with van der Waals surface area (Å²) >= 11 is 0. The Kier molecular flexibility index (Phi) is 6.32. The van der Waals surface area contributed by atoms with Crippen molar-refractivity contribution in [2.45, 2.75) is 44.0 Å². The first-order valence-corrected chi connectivity index (χ1v) is 10.5. The molecule has 0 saturated carbocycles. The normalized spacial score (nSPS) is 21.2. The van der Waals surface area contributed by atoms with Gasteiger partial charge in [0.1, 0.15) is 35.3 Å². The monoisotopic (exact) mass is 435 g/mol. The van der Waals surface area contributed by atoms with Crippen molar-refractivity contribution in [2.24, 2.45) is 0 Å². The topological polar surface area (TPSA) is 59.0 Å². The molecule has 2 aromatic rings. The maximum Gasteiger partial charge on any atom is 0.187 e. The molecule has 0 amide bonds. The Hall–Kier alpha value is -2.08. The minimum atomic E-state index is -0.801. The van der Waals surface area contributed by atoms with Crippen LogP contribution >= 0.6 is 9.39 Å². The number of fused-ring (bicyclic) bond motifs is 2. The number of benzene rings is 2. The van der Waals surface area contributed by atoms with Gasteiger partial charge in [-0.25, -0.2) is 8.78 Å². The Morgan fingerprint density at radius 3 is 2.33 bits per heavy atom. The van der Waals surface area contributed by atoms with E-state index in [1.807, 2.05) is 0 Å². The number of ether oxygens (including phenoxy) is 2. The highest BCUT2D eigenvalue weighted by atomic mass is 31.0. The summed E-state index contributed by atoms with van der Waals surface area (Å²) in [6.45, 7) is 0.323. The zero-order valence-corrected chi connectivity index (χ0v) is 17.5. The molecule has 4 rings (SSSR count). The quantitative estimate of drug-likeness (QED) is 0.707. The lowest BCUT2D eigenvalue weighted by atomic mass is 9.98. The van der Waals surface area contributed by atoms with Crippen molar-refractivity contribution in [3.05, 3.63) is 59.2 Å². The van der Waals surface area contributed by atoms with Gasteiger partial charge in [-0.1, -0.05) is 9.39 Å². The average Bonchev–Trinajstić information content (AvgIpc) is 2.72. The van der Waals surface area contributed by atoms with Crippen LogP contribution < -0.4 is 9.47 Å². The highest BCUT2D eigenvalue weighted by Gasteiger charge is 2.30. The van der Waals surface area contributed by atoms with Gasteiger partial charge in [-0.2, -0.15) is 0 Å². The molecule has 1 N–H and O–H groups in total. The molecule has 2 heterocycles. The molecule has 4 unspecified atom stereocenters. The third-order valence-electron chi connectivity index (χ3n) is 5.54. The van der Waals surface area contributed by atoms with E-state index in [0.717, 1.165) is 11.1 Å². The molecule has 0 spiro atoms. The van der Waals surface area contributed by atoms with Crippen LogP contribution in [-0.2, 0) is 17.6 Å². The summed E-state index contributed by atoms with van der Waals surface area (Å²) in [7, 11) is 2.46. The second kappa shape index (κ2) is 8.96. The van der Waals surface area contributed by atoms with Crippen molar-refractivity contribution in [1.82, 2.24) is 4.67 Å². The first-order valence-electron chi connectivity index (χ1n) is 9.99. The van der Waals surface area contributed by atoms with Crippen molar-refractivity contribution in [3.63, 3.8) is 0 Å². The molecule has 160 valence electrons. The summed E-state index contributed by atoms with van der Waals surface area (Å²) in [5.41, 5.74) is 1.57. The second-order valence-electron chi connectivity index (χ2n) is 7.81. The number of aliphatic hydroxyl groups is 1. The molecule has 0 fully saturated rings. The summed E-state index contributed by atoms with van der Waals surface area (Å²) < 4.78 is 39.9. The van der Waals surface area contributed by atoms with Gasteiger partial charge in [0, 0.05) is 6.54 Å². The third kappa shape index (κ3) is 4.80. The Morgan fingerprint density at radius 2 is 1.67 bits per heavy atom. The lowest BCUT2D eigenvalue weighted by molar-refractivity contribution is -0.126. The molecule has 5 nitrogen and oxygen atoms in total. The van der Waals surface area contributed by atoms with E-state index in [0.29, 0.717) is 37.2 Å². The molecule has 4 atom stereocenters. The SMILES string of the molecule is O=C(CN(P)CC(O)C1CCc2cc(F)ccc2O1)C1CCc2cc(F)ccc2O1. The lowest BCUT2D eigenvalue weighted by Gasteiger charge is -2.32. The van der Waals surface area contributed by atoms with Gasteiger partial charge in [0.25, 0.3) is 0 Å². The van der Waals surface area contributed by atoms with Crippen LogP contribution in [0.1, 0.15) is 24.0 Å². The predicted molar refractivity (Wildman–Crippen MR) is 111 cm³/mol. The fourth-order valence-corrected chi connectivity index (χ4v) is 4.35. The molecule has 0 bridgehead atoms. The zero-order chi connectivity index (χ0) is 21.3. The molecule has 0 aromatic heterocycles. The fourth-order valence-electron chi connectivity index (χ4n) is 3.96. The second-order valence-corrected chi connectivity index (χ2v) is 8.54. The van der Waals surface area contributed by atoms with Crippen LogP contribution in [0.15, 0.2) is 36.4 Å². The van der Waals surface area contributed by atoms with Crippen molar-refractivity contribution in [1.29, 1.82) is 0 Å². The number of aryl methyl sites for hydroxylation is 2. The molecule has 0 saturated heterocycles. The third-order valence-corrected chi connectivity index (χ3v) is 5.93. The summed E-state index contributed by atoms with van der Waals surface area (Å²) in [4.78, 5) is 12.6. The smallest absolute Gasteiger partial charge is 0.187 e. The van der Waals surface area contributed by atoms with Crippen LogP contribution in [0.4, 0.5) is 8.78 Å². The van der Waals surface area contributed by atoms with E-state index in [4.69, 9.17) is 9.47 Å². The number of hydrogen-bond donors (Lipinski definition) is 1. The van der Waals surface area contributed by atoms with Crippen molar-refractivity contribution >= 4 is 15.2 Å². The number of halogens is 2. The van der Waals surface area contributed by atoms with E-state index in [9.17, 15) is 18.7 Å². The number of aliphatic hydroxyl groups excluding tert-OH is 1. The Morgan fingerprint density at radius 1 is 1.07 bits per heavy atom. The Balaban J connectivity index is 1.29. The average molecular weight is 435 g/mol. The summed E-state index contributed by atoms with van der Waals surface area (Å²) in [5.74, 6) is 0.414. The lowest BCUT2D eigenvalue weighted by Crippen LogP contribution is -2.43. The van der Waals surface area contributed by atoms with E-state index in [1.165, 1.54) is 24.3 Å². The van der Waals surface area contributed by atoms with Gasteiger partial charge in [-0.3, -0.25) is 9.46 Å². The minimum Gasteiger partial charge on any atom is -0.487 e. The largest absolute Gasteiger partial charge is 0.487 e. The highest BCUT2D eigenvalue weighted by Crippen LogP contribution is 2.30. The van der Waals surface area contributed by atoms with Gasteiger partial charge >= 0.3 is 0 Å². The van der Waals surface area contributed by atoms with Crippen LogP contribution in [0.5, 0.6) is 11.5 Å². The van der Waals surface area contributed by atoms with E-state index < -0.39 is 18.3 Å². The van der Waals surface area contributed by atoms with Crippen LogP contribution in [0.25, 0.3) is 0 Å². The Bertz CT molecular complexity index is 941. The number of hydrogen-bond acceptors (Lipinski definition) is 5. The van der Waals surface area contributed by atoms with Gasteiger partial charge in [-0.15, -0.1) is 0 Å². The first kappa shape index (κ1) is 21.2. The summed E-state index contributed by atoms with van der Waals surface area (Å²) in [5, 5.41) is 10.6. The van der Waals surface area contributed by atoms with Crippen molar-refractivity contribution in [2.75, 3.05) is 13.1 Å². The molecular formula is C22H24F2NO4P. The van der Waals surface area contributed by atoms with Crippen LogP contribution in [0.2, 0.25) is 0 Å². The van der Waals surface area contributed by atoms with Gasteiger partial charge in [0.15, 0.2) is 11.9 Å². The summed E-state index contributed by atoms with van der Waals surface area (Å²) in [6, 6.07) is 8.68. The van der Waals surface area contributed by atoms with Crippen molar-refractivity contribution < 1.29 is 28.2 Å². The number of carbonyl (C=O) groups is 1. The van der Waals surface area contributed by atoms with E-state index in [2.05, 4.69) is 9.39 Å². The molecule has 30 heavy (non-hydrogen) atoms. The molecule has 2 aliphatic rings. The minimum absolute atomic E-state index is 0.0947. The zero-order valence-electron chi connectivity index (χ0n) is 16.4. The molecule has 2 aromatic carbocycles. The number of rotatable bonds is 6. The molecule has 0 aliphatic carbocycles. The van der Waals surface area contributed by atoms with Crippen LogP contribution in [-0.4, -0.2) is 47.0 Å². The van der Waals surface area contributed by atoms with Crippen LogP contribution in [0, 0.1) is 11.6 Å². The number of Topliss-reactive ketones (excluding diaryl/α,β-unsaturated/α-hetero) is 1. The van der Waals surface area contributed by atoms with Gasteiger partial charge in [-0.05, 0) is 73.2 Å². The maximum atomic E-state index is 13.3. The molecule has 0 radical (unpaired) electrons. The number of carbonyl (C=O) groups excluding carboxylic acids is 1. The Labute approximate surface area is 176 Å². The van der Waals surface area contributed by atoms with E-state index in [1.54, 1.807) is 16.8 Å². The fraction of sp³-hybridized carbons (Fsp3) is 0.409. The summed E-state index contributed by atoms with van der Waals surface area (Å²) in [6.07, 6.45) is 0.465. The predicted octanol–water partition coefficient (Wildman–Crippen LogP) is 3.07. The first-order chi connectivity index (χ1) is 14.4. The molecule has 8 heteroatoms. The van der Waals surface area contributed by atoms with E-state index >= 15 is 0 Å². The molecule has 2 aliphatic heterocycles. The van der Waals surface area contributed by atoms with E-state index in [-0.39, 0.29) is 30.5 Å². The van der Waals surface area contributed by atoms with Crippen molar-refractivity contribution in [3.8, 4) is 11.5 Å². The van der Waals surface area contributed by atoms with Gasteiger partial charge in [0.2, 0.25) is 0 Å². The standard InChI is InChI=1S/C22H24F2NO4P/c23-15-3-7-19-13(9-15)1-5-21(28-19)17(26)11-25(30)12-18(27)22-6-2-14-10-16(24)4-8-20(14)29-22/h3-4,7-10,17,21-22,26H,1-2,5-6,11-12,30H2.